The average molecular weight is 261 g/mol. The predicted octanol–water partition coefficient (Wildman–Crippen LogP) is 0.133. The van der Waals surface area contributed by atoms with Crippen molar-refractivity contribution in [1.29, 1.82) is 0 Å². The van der Waals surface area contributed by atoms with Gasteiger partial charge in [-0.05, 0) is 6.92 Å². The van der Waals surface area contributed by atoms with Crippen LogP contribution in [0.2, 0.25) is 0 Å². The van der Waals surface area contributed by atoms with E-state index in [0.717, 1.165) is 5.69 Å². The van der Waals surface area contributed by atoms with Gasteiger partial charge in [0.2, 0.25) is 5.91 Å². The number of amides is 1. The van der Waals surface area contributed by atoms with Gasteiger partial charge in [0, 0.05) is 20.0 Å². The van der Waals surface area contributed by atoms with Crippen molar-refractivity contribution in [3.63, 3.8) is 0 Å². The standard InChI is InChI=1S/C9H12FN3O3S/c1-6-8(4-11-12(6)2)13-5-7(3-9(13)14)17(10,15)16/h4,7H,3,5H2,1-2H3. The molecule has 6 nitrogen and oxygen atoms in total. The van der Waals surface area contributed by atoms with E-state index in [0.29, 0.717) is 5.69 Å². The normalized spacial score (nSPS) is 21.2. The van der Waals surface area contributed by atoms with Crippen LogP contribution in [0, 0.1) is 6.92 Å². The molecule has 1 aromatic heterocycles. The number of carbonyl (C=O) groups excluding carboxylic acids is 1. The van der Waals surface area contributed by atoms with Crippen molar-refractivity contribution in [2.24, 2.45) is 7.05 Å². The van der Waals surface area contributed by atoms with Crippen LogP contribution in [0.1, 0.15) is 12.1 Å². The average Bonchev–Trinajstić information content (AvgIpc) is 2.72. The molecule has 0 spiro atoms. The number of hydrogen-bond acceptors (Lipinski definition) is 4. The fraction of sp³-hybridized carbons (Fsp3) is 0.556. The summed E-state index contributed by atoms with van der Waals surface area (Å²) in [5.74, 6) is -0.396. The summed E-state index contributed by atoms with van der Waals surface area (Å²) in [5, 5.41) is 2.69. The highest BCUT2D eigenvalue weighted by Gasteiger charge is 2.39. The van der Waals surface area contributed by atoms with Crippen molar-refractivity contribution >= 4 is 21.8 Å². The minimum absolute atomic E-state index is 0.149. The number of rotatable bonds is 2. The third kappa shape index (κ3) is 2.04. The molecule has 1 unspecified atom stereocenters. The third-order valence-corrected chi connectivity index (χ3v) is 4.10. The summed E-state index contributed by atoms with van der Waals surface area (Å²) in [4.78, 5) is 12.9. The molecule has 1 saturated heterocycles. The van der Waals surface area contributed by atoms with Crippen molar-refractivity contribution in [2.45, 2.75) is 18.6 Å². The van der Waals surface area contributed by atoms with Gasteiger partial charge in [0.05, 0.1) is 17.6 Å². The third-order valence-electron chi connectivity index (χ3n) is 2.99. The predicted molar refractivity (Wildman–Crippen MR) is 58.7 cm³/mol. The van der Waals surface area contributed by atoms with Gasteiger partial charge in [0.15, 0.2) is 0 Å². The summed E-state index contributed by atoms with van der Waals surface area (Å²) < 4.78 is 36.0. The van der Waals surface area contributed by atoms with E-state index in [1.807, 2.05) is 0 Å². The molecule has 94 valence electrons. The summed E-state index contributed by atoms with van der Waals surface area (Å²) in [5.41, 5.74) is 1.26. The monoisotopic (exact) mass is 261 g/mol. The topological polar surface area (TPSA) is 72.3 Å². The van der Waals surface area contributed by atoms with Crippen LogP contribution >= 0.6 is 0 Å². The van der Waals surface area contributed by atoms with Crippen LogP contribution in [0.4, 0.5) is 9.57 Å². The lowest BCUT2D eigenvalue weighted by Crippen LogP contribution is -2.27. The Labute approximate surface area is 98.2 Å². The van der Waals surface area contributed by atoms with Crippen molar-refractivity contribution in [3.05, 3.63) is 11.9 Å². The minimum atomic E-state index is -4.67. The van der Waals surface area contributed by atoms with Crippen molar-refractivity contribution in [2.75, 3.05) is 11.4 Å². The quantitative estimate of drug-likeness (QED) is 0.709. The lowest BCUT2D eigenvalue weighted by Gasteiger charge is -2.14. The molecule has 1 aliphatic heterocycles. The molecule has 8 heteroatoms. The Balaban J connectivity index is 2.31. The van der Waals surface area contributed by atoms with Gasteiger partial charge >= 0.3 is 10.2 Å². The van der Waals surface area contributed by atoms with Gasteiger partial charge < -0.3 is 4.90 Å². The summed E-state index contributed by atoms with van der Waals surface area (Å²) in [6, 6.07) is 0. The minimum Gasteiger partial charge on any atom is -0.308 e. The maximum Gasteiger partial charge on any atom is 0.307 e. The Bertz CT molecular complexity index is 566. The molecule has 2 heterocycles. The van der Waals surface area contributed by atoms with E-state index in [-0.39, 0.29) is 13.0 Å². The molecule has 0 N–H and O–H groups in total. The number of halogens is 1. The fourth-order valence-corrected chi connectivity index (χ4v) is 2.52. The summed E-state index contributed by atoms with van der Waals surface area (Å²) in [6.07, 6.45) is 1.16. The van der Waals surface area contributed by atoms with Crippen LogP contribution in [-0.2, 0) is 22.1 Å². The zero-order chi connectivity index (χ0) is 12.8. The van der Waals surface area contributed by atoms with Crippen LogP contribution < -0.4 is 4.90 Å². The zero-order valence-electron chi connectivity index (χ0n) is 9.42. The Kier molecular flexibility index (Phi) is 2.69. The van der Waals surface area contributed by atoms with E-state index < -0.39 is 21.4 Å². The van der Waals surface area contributed by atoms with E-state index in [2.05, 4.69) is 5.10 Å². The van der Waals surface area contributed by atoms with Crippen LogP contribution in [-0.4, -0.2) is 35.9 Å². The smallest absolute Gasteiger partial charge is 0.307 e. The maximum absolute atomic E-state index is 12.8. The molecule has 0 saturated carbocycles. The van der Waals surface area contributed by atoms with Gasteiger partial charge in [0.1, 0.15) is 5.25 Å². The van der Waals surface area contributed by atoms with E-state index in [4.69, 9.17) is 0 Å². The van der Waals surface area contributed by atoms with Gasteiger partial charge in [-0.1, -0.05) is 0 Å². The van der Waals surface area contributed by atoms with Crippen molar-refractivity contribution < 1.29 is 17.1 Å². The lowest BCUT2D eigenvalue weighted by atomic mass is 10.3. The van der Waals surface area contributed by atoms with Crippen LogP contribution in [0.15, 0.2) is 6.20 Å². The number of hydrogen-bond donors (Lipinski definition) is 0. The molecule has 17 heavy (non-hydrogen) atoms. The SMILES string of the molecule is Cc1c(N2CC(S(=O)(=O)F)CC2=O)cnn1C. The van der Waals surface area contributed by atoms with Crippen molar-refractivity contribution in [3.8, 4) is 0 Å². The number of anilines is 1. The number of carbonyl (C=O) groups is 1. The van der Waals surface area contributed by atoms with Gasteiger partial charge in [0.25, 0.3) is 0 Å². The Morgan fingerprint density at radius 2 is 2.18 bits per heavy atom. The van der Waals surface area contributed by atoms with Gasteiger partial charge in [-0.2, -0.15) is 13.5 Å². The molecular formula is C9H12FN3O3S. The van der Waals surface area contributed by atoms with Gasteiger partial charge in [-0.15, -0.1) is 3.89 Å². The lowest BCUT2D eigenvalue weighted by molar-refractivity contribution is -0.117. The second kappa shape index (κ2) is 3.80. The molecule has 1 aromatic rings. The number of nitrogens with zero attached hydrogens (tertiary/aromatic N) is 3. The van der Waals surface area contributed by atoms with Crippen LogP contribution in [0.25, 0.3) is 0 Å². The largest absolute Gasteiger partial charge is 0.308 e. The molecule has 1 atom stereocenters. The molecule has 2 rings (SSSR count). The Morgan fingerprint density at radius 3 is 2.59 bits per heavy atom. The number of aryl methyl sites for hydroxylation is 1. The zero-order valence-corrected chi connectivity index (χ0v) is 10.2. The van der Waals surface area contributed by atoms with E-state index in [9.17, 15) is 17.1 Å². The Morgan fingerprint density at radius 1 is 1.53 bits per heavy atom. The molecular weight excluding hydrogens is 249 g/mol. The summed E-state index contributed by atoms with van der Waals surface area (Å²) >= 11 is 0. The second-order valence-electron chi connectivity index (χ2n) is 4.04. The van der Waals surface area contributed by atoms with Gasteiger partial charge in [-0.25, -0.2) is 0 Å². The second-order valence-corrected chi connectivity index (χ2v) is 5.66. The first-order chi connectivity index (χ1) is 7.80. The van der Waals surface area contributed by atoms with Crippen molar-refractivity contribution in [1.82, 2.24) is 9.78 Å². The highest BCUT2D eigenvalue weighted by molar-refractivity contribution is 7.87. The van der Waals surface area contributed by atoms with Gasteiger partial charge in [-0.3, -0.25) is 9.48 Å². The van der Waals surface area contributed by atoms with E-state index in [1.54, 1.807) is 18.7 Å². The highest BCUT2D eigenvalue weighted by Crippen LogP contribution is 2.27. The van der Waals surface area contributed by atoms with Crippen LogP contribution in [0.5, 0.6) is 0 Å². The van der Waals surface area contributed by atoms with E-state index >= 15 is 0 Å². The first-order valence-corrected chi connectivity index (χ1v) is 6.48. The molecule has 1 aliphatic rings. The molecule has 0 bridgehead atoms. The molecule has 0 radical (unpaired) electrons. The summed E-state index contributed by atoms with van der Waals surface area (Å²) in [6.45, 7) is 1.61. The molecule has 1 fully saturated rings. The first-order valence-electron chi connectivity index (χ1n) is 5.03. The fourth-order valence-electron chi connectivity index (χ4n) is 1.85. The summed E-state index contributed by atoms with van der Waals surface area (Å²) in [7, 11) is -2.96. The maximum atomic E-state index is 12.8. The first kappa shape index (κ1) is 12.0. The Hall–Kier alpha value is -1.44. The molecule has 0 aromatic carbocycles. The molecule has 1 amide bonds. The number of aromatic nitrogens is 2. The van der Waals surface area contributed by atoms with Crippen LogP contribution in [0.3, 0.4) is 0 Å². The highest BCUT2D eigenvalue weighted by atomic mass is 32.3. The van der Waals surface area contributed by atoms with E-state index in [1.165, 1.54) is 11.1 Å². The molecule has 0 aliphatic carbocycles.